The van der Waals surface area contributed by atoms with Gasteiger partial charge >= 0.3 is 0 Å². The lowest BCUT2D eigenvalue weighted by Gasteiger charge is -2.32. The Bertz CT molecular complexity index is 503. The quantitative estimate of drug-likeness (QED) is 0.900. The second kappa shape index (κ2) is 8.64. The van der Waals surface area contributed by atoms with Gasteiger partial charge in [-0.1, -0.05) is 12.1 Å². The monoisotopic (exact) mass is 339 g/mol. The van der Waals surface area contributed by atoms with Gasteiger partial charge in [-0.05, 0) is 24.1 Å². The molecule has 1 N–H and O–H groups in total. The average molecular weight is 340 g/mol. The van der Waals surface area contributed by atoms with Crippen LogP contribution in [0.2, 0.25) is 0 Å². The minimum atomic E-state index is 0. The Morgan fingerprint density at radius 1 is 1.22 bits per heavy atom. The maximum Gasteiger partial charge on any atom is 0.253 e. The van der Waals surface area contributed by atoms with Crippen molar-refractivity contribution in [3.63, 3.8) is 0 Å². The zero-order valence-corrected chi connectivity index (χ0v) is 14.5. The Morgan fingerprint density at radius 2 is 1.91 bits per heavy atom. The van der Waals surface area contributed by atoms with Crippen LogP contribution in [0.3, 0.4) is 0 Å². The molecule has 0 aromatic heterocycles. The van der Waals surface area contributed by atoms with Crippen LogP contribution in [0.25, 0.3) is 0 Å². The molecule has 3 rings (SSSR count). The number of ether oxygens (including phenoxy) is 1. The van der Waals surface area contributed by atoms with Gasteiger partial charge in [-0.15, -0.1) is 12.4 Å². The van der Waals surface area contributed by atoms with E-state index >= 15 is 0 Å². The highest BCUT2D eigenvalue weighted by Crippen LogP contribution is 2.19. The first kappa shape index (κ1) is 18.2. The van der Waals surface area contributed by atoms with Crippen molar-refractivity contribution in [2.24, 2.45) is 0 Å². The fourth-order valence-electron chi connectivity index (χ4n) is 3.36. The maximum atomic E-state index is 12.6. The number of piperazine rings is 1. The molecule has 0 bridgehead atoms. The third-order valence-electron chi connectivity index (χ3n) is 4.63. The summed E-state index contributed by atoms with van der Waals surface area (Å²) in [5, 5.41) is 3.38. The van der Waals surface area contributed by atoms with Gasteiger partial charge in [0.05, 0.1) is 6.61 Å². The summed E-state index contributed by atoms with van der Waals surface area (Å²) >= 11 is 0. The lowest BCUT2D eigenvalue weighted by molar-refractivity contribution is 0.0773. The van der Waals surface area contributed by atoms with Crippen molar-refractivity contribution in [1.82, 2.24) is 15.1 Å². The predicted octanol–water partition coefficient (Wildman–Crippen LogP) is 1.37. The highest BCUT2D eigenvalue weighted by molar-refractivity contribution is 5.94. The molecule has 0 saturated carbocycles. The summed E-state index contributed by atoms with van der Waals surface area (Å²) in [5.41, 5.74) is 1.87. The predicted molar refractivity (Wildman–Crippen MR) is 93.2 cm³/mol. The average Bonchev–Trinajstić information content (AvgIpc) is 3.06. The van der Waals surface area contributed by atoms with Gasteiger partial charge in [-0.2, -0.15) is 0 Å². The van der Waals surface area contributed by atoms with Crippen molar-refractivity contribution < 1.29 is 9.53 Å². The number of carbonyl (C=O) groups is 1. The van der Waals surface area contributed by atoms with Crippen LogP contribution in [-0.2, 0) is 11.3 Å². The van der Waals surface area contributed by atoms with Gasteiger partial charge < -0.3 is 15.0 Å². The van der Waals surface area contributed by atoms with Gasteiger partial charge in [-0.25, -0.2) is 0 Å². The first-order chi connectivity index (χ1) is 10.8. The van der Waals surface area contributed by atoms with E-state index in [2.05, 4.69) is 10.2 Å². The van der Waals surface area contributed by atoms with E-state index in [9.17, 15) is 4.79 Å². The van der Waals surface area contributed by atoms with E-state index in [0.717, 1.165) is 56.8 Å². The Balaban J connectivity index is 0.00000192. The molecule has 1 unspecified atom stereocenters. The Kier molecular flexibility index (Phi) is 6.84. The molecule has 2 heterocycles. The number of nitrogens with one attached hydrogen (secondary N) is 1. The molecule has 1 amide bonds. The number of carbonyl (C=O) groups excluding carboxylic acids is 1. The number of amides is 1. The number of halogens is 1. The van der Waals surface area contributed by atoms with Crippen LogP contribution in [0, 0.1) is 0 Å². The Labute approximate surface area is 144 Å². The largest absolute Gasteiger partial charge is 0.380 e. The highest BCUT2D eigenvalue weighted by Gasteiger charge is 2.31. The summed E-state index contributed by atoms with van der Waals surface area (Å²) in [7, 11) is 1.68. The molecule has 2 aliphatic heterocycles. The maximum absolute atomic E-state index is 12.6. The third-order valence-corrected chi connectivity index (χ3v) is 4.63. The number of hydrogen-bond acceptors (Lipinski definition) is 4. The molecule has 2 fully saturated rings. The minimum absolute atomic E-state index is 0. The zero-order valence-electron chi connectivity index (χ0n) is 13.7. The van der Waals surface area contributed by atoms with Crippen LogP contribution in [0.4, 0.5) is 0 Å². The summed E-state index contributed by atoms with van der Waals surface area (Å²) in [6.45, 7) is 6.63. The van der Waals surface area contributed by atoms with Gasteiger partial charge in [0.2, 0.25) is 0 Å². The molecule has 6 heteroatoms. The van der Waals surface area contributed by atoms with Crippen molar-refractivity contribution in [2.45, 2.75) is 19.1 Å². The zero-order chi connectivity index (χ0) is 15.4. The smallest absolute Gasteiger partial charge is 0.253 e. The van der Waals surface area contributed by atoms with Crippen LogP contribution >= 0.6 is 12.4 Å². The molecule has 128 valence electrons. The Morgan fingerprint density at radius 3 is 2.57 bits per heavy atom. The Hall–Kier alpha value is -1.14. The van der Waals surface area contributed by atoms with E-state index in [1.165, 1.54) is 0 Å². The van der Waals surface area contributed by atoms with Gasteiger partial charge in [-0.3, -0.25) is 9.69 Å². The molecule has 2 saturated heterocycles. The van der Waals surface area contributed by atoms with Crippen molar-refractivity contribution in [3.05, 3.63) is 35.4 Å². The minimum Gasteiger partial charge on any atom is -0.380 e. The molecule has 0 aliphatic carbocycles. The first-order valence-corrected chi connectivity index (χ1v) is 8.10. The molecule has 23 heavy (non-hydrogen) atoms. The van der Waals surface area contributed by atoms with Crippen LogP contribution in [0.15, 0.2) is 24.3 Å². The number of benzene rings is 1. The number of nitrogens with zero attached hydrogens (tertiary/aromatic N) is 2. The molecule has 0 spiro atoms. The molecule has 1 aromatic carbocycles. The molecule has 1 atom stereocenters. The number of methoxy groups -OCH3 is 1. The highest BCUT2D eigenvalue weighted by atomic mass is 35.5. The number of hydrogen-bond donors (Lipinski definition) is 1. The summed E-state index contributed by atoms with van der Waals surface area (Å²) in [4.78, 5) is 17.1. The molecular weight excluding hydrogens is 314 g/mol. The summed E-state index contributed by atoms with van der Waals surface area (Å²) in [6, 6.07) is 8.30. The summed E-state index contributed by atoms with van der Waals surface area (Å²) in [5.74, 6) is 0.154. The van der Waals surface area contributed by atoms with Crippen LogP contribution < -0.4 is 5.32 Å². The second-order valence-electron chi connectivity index (χ2n) is 6.11. The van der Waals surface area contributed by atoms with E-state index in [4.69, 9.17) is 4.74 Å². The second-order valence-corrected chi connectivity index (χ2v) is 6.11. The normalized spacial score (nSPS) is 22.0. The fraction of sp³-hybridized carbons (Fsp3) is 0.588. The van der Waals surface area contributed by atoms with Gasteiger partial charge in [0, 0.05) is 58.0 Å². The molecule has 0 radical (unpaired) electrons. The standard InChI is InChI=1S/C17H25N3O2.ClH/c1-22-13-14-2-4-15(5-3-14)17(21)20-9-6-16(12-20)19-10-7-18-8-11-19;/h2-5,16,18H,6-13H2,1H3;1H. The van der Waals surface area contributed by atoms with Gasteiger partial charge in [0.15, 0.2) is 0 Å². The van der Waals surface area contributed by atoms with Crippen LogP contribution in [0.1, 0.15) is 22.3 Å². The van der Waals surface area contributed by atoms with Crippen molar-refractivity contribution >= 4 is 18.3 Å². The van der Waals surface area contributed by atoms with E-state index in [1.807, 2.05) is 29.2 Å². The van der Waals surface area contributed by atoms with Gasteiger partial charge in [0.1, 0.15) is 0 Å². The van der Waals surface area contributed by atoms with Gasteiger partial charge in [0.25, 0.3) is 5.91 Å². The third kappa shape index (κ3) is 4.44. The van der Waals surface area contributed by atoms with E-state index < -0.39 is 0 Å². The van der Waals surface area contributed by atoms with Crippen molar-refractivity contribution in [2.75, 3.05) is 46.4 Å². The van der Waals surface area contributed by atoms with Crippen molar-refractivity contribution in [3.8, 4) is 0 Å². The molecule has 2 aliphatic rings. The molecule has 1 aromatic rings. The van der Waals surface area contributed by atoms with E-state index in [1.54, 1.807) is 7.11 Å². The number of rotatable bonds is 4. The van der Waals surface area contributed by atoms with Crippen LogP contribution in [0.5, 0.6) is 0 Å². The van der Waals surface area contributed by atoms with Crippen LogP contribution in [-0.4, -0.2) is 68.1 Å². The molecule has 5 nitrogen and oxygen atoms in total. The number of likely N-dealkylation sites (tertiary alicyclic amines) is 1. The van der Waals surface area contributed by atoms with Crippen molar-refractivity contribution in [1.29, 1.82) is 0 Å². The van der Waals surface area contributed by atoms with E-state index in [0.29, 0.717) is 12.6 Å². The first-order valence-electron chi connectivity index (χ1n) is 8.10. The van der Waals surface area contributed by atoms with E-state index in [-0.39, 0.29) is 18.3 Å². The topological polar surface area (TPSA) is 44.8 Å². The lowest BCUT2D eigenvalue weighted by Crippen LogP contribution is -2.49. The summed E-state index contributed by atoms with van der Waals surface area (Å²) < 4.78 is 5.10. The fourth-order valence-corrected chi connectivity index (χ4v) is 3.36. The molecular formula is C17H26ClN3O2. The SMILES string of the molecule is COCc1ccc(C(=O)N2CCC(N3CCNCC3)C2)cc1.Cl. The lowest BCUT2D eigenvalue weighted by atomic mass is 10.1. The summed E-state index contributed by atoms with van der Waals surface area (Å²) in [6.07, 6.45) is 1.09.